The molecule has 370 valence electrons. The Kier molecular flexibility index (Phi) is 54.3. The van der Waals surface area contributed by atoms with Gasteiger partial charge in [0.2, 0.25) is 11.7 Å². The largest absolute Gasteiger partial charge is 0.507 e. The molecule has 0 aliphatic rings. The molecule has 64 heavy (non-hydrogen) atoms. The smallest absolute Gasteiger partial charge is 0.469 e. The Bertz CT molecular complexity index is 1360. The van der Waals surface area contributed by atoms with Crippen LogP contribution in [0.1, 0.15) is 135 Å². The van der Waals surface area contributed by atoms with Gasteiger partial charge in [0.25, 0.3) is 0 Å². The molecule has 0 aliphatic heterocycles. The van der Waals surface area contributed by atoms with E-state index in [-0.39, 0.29) is 23.7 Å². The number of ether oxygens (including phenoxy) is 8. The van der Waals surface area contributed by atoms with E-state index in [9.17, 15) is 23.6 Å². The Balaban J connectivity index is -0.000000342. The first kappa shape index (κ1) is 65.9. The van der Waals surface area contributed by atoms with Crippen molar-refractivity contribution in [1.82, 2.24) is 10.1 Å². The molecule has 0 unspecified atom stereocenters. The number of esters is 3. The van der Waals surface area contributed by atoms with E-state index in [0.29, 0.717) is 50.1 Å². The van der Waals surface area contributed by atoms with Gasteiger partial charge in [-0.15, -0.1) is 0 Å². The molecule has 2 aromatic rings. The van der Waals surface area contributed by atoms with Crippen LogP contribution in [0.3, 0.4) is 0 Å². The highest BCUT2D eigenvalue weighted by molar-refractivity contribution is 5.81. The van der Waals surface area contributed by atoms with Crippen molar-refractivity contribution >= 4 is 24.1 Å². The standard InChI is InChI=1S/C10H9FN2O.C10H18O3.C8H14O3.C7H14O2.C7H16O.C6H12O3/c1-6-3-8(5-9(11)4-6)10-12-7(2)14-13-10;1-3-10(11)13-9-7-5-4-6-8-12-2;1-3-8(9)11-7-5-4-6-10-2;1-3-4-5-6-7(8)9-2;1-3-4-5-6-7-8-2;1-3-4-5-9-6(7)8-2/h3-5H,1-2H3;3H,1,4-9H2,2H3;3H,1,4-7H2,2H3;3-6H2,1-2H3;3-7H2,1-2H3;3-5H2,1-2H3. The number of carbonyl (C=O) groups excluding carboxylic acids is 4. The number of aryl methyl sites for hydroxylation is 2. The molecule has 1 heterocycles. The van der Waals surface area contributed by atoms with E-state index in [1.165, 1.54) is 58.1 Å². The van der Waals surface area contributed by atoms with Crippen molar-refractivity contribution in [2.45, 2.75) is 137 Å². The fourth-order valence-electron chi connectivity index (χ4n) is 4.45. The van der Waals surface area contributed by atoms with Crippen LogP contribution in [0.5, 0.6) is 0 Å². The highest BCUT2D eigenvalue weighted by Gasteiger charge is 2.07. The molecule has 0 bridgehead atoms. The second-order valence-corrected chi connectivity index (χ2v) is 13.7. The van der Waals surface area contributed by atoms with Crippen molar-refractivity contribution in [3.8, 4) is 11.4 Å². The fraction of sp³-hybridized carbons (Fsp3) is 0.667. The van der Waals surface area contributed by atoms with Crippen LogP contribution in [0.25, 0.3) is 11.4 Å². The van der Waals surface area contributed by atoms with Crippen LogP contribution in [0, 0.1) is 19.7 Å². The predicted octanol–water partition coefficient (Wildman–Crippen LogP) is 11.1. The minimum absolute atomic E-state index is 0.0940. The topological polar surface area (TPSA) is 181 Å². The molecule has 0 fully saturated rings. The van der Waals surface area contributed by atoms with Gasteiger partial charge in [0.05, 0.1) is 34.0 Å². The number of unbranched alkanes of at least 4 members (excludes halogenated alkanes) is 10. The molecular weight excluding hydrogens is 832 g/mol. The summed E-state index contributed by atoms with van der Waals surface area (Å²) in [6.45, 7) is 20.3. The predicted molar refractivity (Wildman–Crippen MR) is 248 cm³/mol. The Hall–Kier alpha value is -4.67. The van der Waals surface area contributed by atoms with Gasteiger partial charge in [0.1, 0.15) is 5.82 Å². The first-order valence-corrected chi connectivity index (χ1v) is 22.2. The van der Waals surface area contributed by atoms with Crippen molar-refractivity contribution in [3.63, 3.8) is 0 Å². The minimum atomic E-state index is -0.594. The summed E-state index contributed by atoms with van der Waals surface area (Å²) in [5, 5.41) is 3.72. The lowest BCUT2D eigenvalue weighted by Gasteiger charge is -2.01. The molecule has 1 aromatic carbocycles. The fourth-order valence-corrected chi connectivity index (χ4v) is 4.45. The van der Waals surface area contributed by atoms with Crippen molar-refractivity contribution < 1.29 is 66.0 Å². The Morgan fingerprint density at radius 2 is 1.05 bits per heavy atom. The summed E-state index contributed by atoms with van der Waals surface area (Å²) in [5.74, 6) is -0.183. The lowest BCUT2D eigenvalue weighted by molar-refractivity contribution is -0.141. The lowest BCUT2D eigenvalue weighted by atomic mass is 10.1. The van der Waals surface area contributed by atoms with Crippen molar-refractivity contribution in [2.24, 2.45) is 0 Å². The molecule has 0 saturated carbocycles. The lowest BCUT2D eigenvalue weighted by Crippen LogP contribution is -2.04. The number of hydrogen-bond donors (Lipinski definition) is 0. The highest BCUT2D eigenvalue weighted by atomic mass is 19.1. The van der Waals surface area contributed by atoms with Gasteiger partial charge in [-0.3, -0.25) is 4.79 Å². The van der Waals surface area contributed by atoms with Crippen molar-refractivity contribution in [1.29, 1.82) is 0 Å². The van der Waals surface area contributed by atoms with Gasteiger partial charge in [-0.1, -0.05) is 84.0 Å². The number of benzene rings is 1. The quantitative estimate of drug-likeness (QED) is 0.0357. The monoisotopic (exact) mass is 915 g/mol. The van der Waals surface area contributed by atoms with E-state index in [0.717, 1.165) is 95.5 Å². The third-order valence-corrected chi connectivity index (χ3v) is 7.93. The number of carbonyl (C=O) groups is 4. The molecule has 1 aromatic heterocycles. The maximum absolute atomic E-state index is 13.0. The molecule has 2 rings (SSSR count). The average molecular weight is 915 g/mol. The normalized spacial score (nSPS) is 9.55. The van der Waals surface area contributed by atoms with E-state index in [4.69, 9.17) is 28.2 Å². The highest BCUT2D eigenvalue weighted by Crippen LogP contribution is 2.18. The zero-order valence-electron chi connectivity index (χ0n) is 40.9. The second kappa shape index (κ2) is 52.7. The van der Waals surface area contributed by atoms with Crippen LogP contribution in [0.15, 0.2) is 48.0 Å². The van der Waals surface area contributed by atoms with Gasteiger partial charge in [0, 0.05) is 72.2 Å². The first-order chi connectivity index (χ1) is 30.8. The Morgan fingerprint density at radius 1 is 0.594 bits per heavy atom. The van der Waals surface area contributed by atoms with Crippen LogP contribution >= 0.6 is 0 Å². The molecule has 0 aliphatic carbocycles. The molecule has 0 atom stereocenters. The van der Waals surface area contributed by atoms with Crippen LogP contribution in [-0.2, 0) is 52.3 Å². The average Bonchev–Trinajstić information content (AvgIpc) is 3.74. The van der Waals surface area contributed by atoms with Gasteiger partial charge in [-0.25, -0.2) is 18.8 Å². The van der Waals surface area contributed by atoms with Gasteiger partial charge >= 0.3 is 24.1 Å². The maximum atomic E-state index is 13.0. The number of nitrogens with zero attached hydrogens (tertiary/aromatic N) is 2. The van der Waals surface area contributed by atoms with E-state index in [1.54, 1.807) is 28.3 Å². The summed E-state index contributed by atoms with van der Waals surface area (Å²) in [6, 6.07) is 4.65. The van der Waals surface area contributed by atoms with Crippen LogP contribution in [-0.4, -0.2) is 109 Å². The molecule has 0 N–H and O–H groups in total. The van der Waals surface area contributed by atoms with Gasteiger partial charge in [-0.05, 0) is 82.1 Å². The zero-order valence-corrected chi connectivity index (χ0v) is 40.9. The molecule has 0 saturated heterocycles. The van der Waals surface area contributed by atoms with Crippen molar-refractivity contribution in [2.75, 3.05) is 75.2 Å². The SMILES string of the molecule is C=CC(=O)OCCCCCCOC.C=CC(=O)OCCCCOC.CCCCCC(=O)OC.CCCCCCOC.CCCCOC(=O)OC.Cc1cc(F)cc(-c2noc(C)n2)c1. The van der Waals surface area contributed by atoms with Gasteiger partial charge in [0.15, 0.2) is 0 Å². The summed E-state index contributed by atoms with van der Waals surface area (Å²) in [5.41, 5.74) is 1.47. The van der Waals surface area contributed by atoms with E-state index in [2.05, 4.69) is 51.4 Å². The summed E-state index contributed by atoms with van der Waals surface area (Å²) in [7, 11) is 7.83. The molecule has 15 nitrogen and oxygen atoms in total. The number of hydrogen-bond acceptors (Lipinski definition) is 15. The Morgan fingerprint density at radius 3 is 1.47 bits per heavy atom. The first-order valence-electron chi connectivity index (χ1n) is 22.2. The summed E-state index contributed by atoms with van der Waals surface area (Å²) in [4.78, 5) is 45.8. The third-order valence-electron chi connectivity index (χ3n) is 7.93. The molecule has 0 radical (unpaired) electrons. The molecule has 0 amide bonds. The van der Waals surface area contributed by atoms with E-state index in [1.807, 2.05) is 19.9 Å². The van der Waals surface area contributed by atoms with Crippen molar-refractivity contribution in [3.05, 3.63) is 60.8 Å². The number of halogens is 1. The molecule has 0 spiro atoms. The molecular formula is C48H83FN2O13. The maximum Gasteiger partial charge on any atom is 0.507 e. The summed E-state index contributed by atoms with van der Waals surface area (Å²) in [6.07, 6.45) is 18.6. The zero-order chi connectivity index (χ0) is 49.1. The summed E-state index contributed by atoms with van der Waals surface area (Å²) >= 11 is 0. The second-order valence-electron chi connectivity index (χ2n) is 13.7. The van der Waals surface area contributed by atoms with Crippen LogP contribution in [0.4, 0.5) is 9.18 Å². The number of aromatic nitrogens is 2. The van der Waals surface area contributed by atoms with Gasteiger partial charge in [-0.2, -0.15) is 4.98 Å². The Labute approximate surface area is 384 Å². The molecule has 16 heteroatoms. The van der Waals surface area contributed by atoms with Gasteiger partial charge < -0.3 is 42.4 Å². The van der Waals surface area contributed by atoms with E-state index < -0.39 is 6.16 Å². The minimum Gasteiger partial charge on any atom is -0.469 e. The van der Waals surface area contributed by atoms with E-state index >= 15 is 0 Å². The third kappa shape index (κ3) is 51.7. The van der Waals surface area contributed by atoms with Crippen LogP contribution in [0.2, 0.25) is 0 Å². The van der Waals surface area contributed by atoms with Crippen LogP contribution < -0.4 is 0 Å². The summed E-state index contributed by atoms with van der Waals surface area (Å²) < 4.78 is 55.3. The number of methoxy groups -OCH3 is 5. The number of rotatable bonds is 27.